The highest BCUT2D eigenvalue weighted by molar-refractivity contribution is 4.66. The summed E-state index contributed by atoms with van der Waals surface area (Å²) in [5, 5.41) is 2.97. The first-order chi connectivity index (χ1) is 5.26. The fourth-order valence-corrected chi connectivity index (χ4v) is 1.36. The van der Waals surface area contributed by atoms with E-state index in [0.717, 1.165) is 19.3 Å². The van der Waals surface area contributed by atoms with E-state index in [2.05, 4.69) is 25.9 Å². The summed E-state index contributed by atoms with van der Waals surface area (Å²) in [6.45, 7) is 7.02. The van der Waals surface area contributed by atoms with Gasteiger partial charge in [-0.2, -0.15) is 4.91 Å². The van der Waals surface area contributed by atoms with Crippen LogP contribution in [0.4, 0.5) is 0 Å². The van der Waals surface area contributed by atoms with Crippen LogP contribution in [0.15, 0.2) is 5.18 Å². The summed E-state index contributed by atoms with van der Waals surface area (Å²) in [7, 11) is 0. The molecule has 0 aliphatic heterocycles. The fraction of sp³-hybridized carbons (Fsp3) is 1.00. The van der Waals surface area contributed by atoms with E-state index in [-0.39, 0.29) is 0 Å². The quantitative estimate of drug-likeness (QED) is 0.544. The van der Waals surface area contributed by atoms with E-state index in [1.165, 1.54) is 0 Å². The largest absolute Gasteiger partial charge is 0.151 e. The third-order valence-corrected chi connectivity index (χ3v) is 2.42. The first kappa shape index (κ1) is 10.6. The van der Waals surface area contributed by atoms with Crippen molar-refractivity contribution in [2.75, 3.05) is 6.54 Å². The van der Waals surface area contributed by atoms with Crippen molar-refractivity contribution in [3.8, 4) is 0 Å². The lowest BCUT2D eigenvalue weighted by molar-refractivity contribution is 0.333. The molecular weight excluding hydrogens is 138 g/mol. The Kier molecular flexibility index (Phi) is 6.09. The van der Waals surface area contributed by atoms with Crippen LogP contribution in [0, 0.1) is 16.7 Å². The Morgan fingerprint density at radius 3 is 2.36 bits per heavy atom. The van der Waals surface area contributed by atoms with E-state index in [1.54, 1.807) is 0 Å². The molecule has 0 N–H and O–H groups in total. The van der Waals surface area contributed by atoms with Gasteiger partial charge >= 0.3 is 0 Å². The van der Waals surface area contributed by atoms with Gasteiger partial charge in [0.2, 0.25) is 0 Å². The van der Waals surface area contributed by atoms with Crippen LogP contribution < -0.4 is 0 Å². The first-order valence-corrected chi connectivity index (χ1v) is 4.55. The molecule has 0 spiro atoms. The Bertz CT molecular complexity index is 104. The van der Waals surface area contributed by atoms with Gasteiger partial charge < -0.3 is 0 Å². The van der Waals surface area contributed by atoms with Crippen molar-refractivity contribution in [2.45, 2.75) is 40.0 Å². The number of rotatable bonds is 6. The van der Waals surface area contributed by atoms with E-state index >= 15 is 0 Å². The molecule has 0 fully saturated rings. The minimum atomic E-state index is 0.503. The number of nitrogens with zero attached hydrogens (tertiary/aromatic N) is 1. The van der Waals surface area contributed by atoms with Crippen molar-refractivity contribution in [2.24, 2.45) is 17.0 Å². The molecule has 0 rings (SSSR count). The van der Waals surface area contributed by atoms with Gasteiger partial charge in [0.1, 0.15) is 0 Å². The van der Waals surface area contributed by atoms with Crippen molar-refractivity contribution < 1.29 is 0 Å². The maximum atomic E-state index is 10.1. The lowest BCUT2D eigenvalue weighted by Crippen LogP contribution is -2.13. The van der Waals surface area contributed by atoms with E-state index in [1.807, 2.05) is 0 Å². The SMILES string of the molecule is CCCC(CN=O)C(C)CC. The Morgan fingerprint density at radius 1 is 1.36 bits per heavy atom. The normalized spacial score (nSPS) is 15.9. The van der Waals surface area contributed by atoms with Gasteiger partial charge in [-0.1, -0.05) is 38.8 Å². The molecule has 2 atom stereocenters. The van der Waals surface area contributed by atoms with Gasteiger partial charge in [-0.3, -0.25) is 0 Å². The van der Waals surface area contributed by atoms with Gasteiger partial charge in [-0.15, -0.1) is 0 Å². The minimum absolute atomic E-state index is 0.503. The van der Waals surface area contributed by atoms with E-state index in [0.29, 0.717) is 18.4 Å². The van der Waals surface area contributed by atoms with E-state index in [4.69, 9.17) is 0 Å². The predicted octanol–water partition coefficient (Wildman–Crippen LogP) is 3.22. The second-order valence-electron chi connectivity index (χ2n) is 3.25. The molecule has 0 amide bonds. The van der Waals surface area contributed by atoms with Gasteiger partial charge in [-0.05, 0) is 18.3 Å². The molecule has 2 nitrogen and oxygen atoms in total. The molecule has 0 bridgehead atoms. The van der Waals surface area contributed by atoms with Gasteiger partial charge in [0.15, 0.2) is 0 Å². The van der Waals surface area contributed by atoms with Crippen LogP contribution in [0.5, 0.6) is 0 Å². The molecule has 0 aliphatic rings. The second kappa shape index (κ2) is 6.32. The Balaban J connectivity index is 3.75. The standard InChI is InChI=1S/C9H19NO/c1-4-6-9(7-10-11)8(3)5-2/h8-9H,4-7H2,1-3H3. The first-order valence-electron chi connectivity index (χ1n) is 4.55. The van der Waals surface area contributed by atoms with Crippen molar-refractivity contribution >= 4 is 0 Å². The summed E-state index contributed by atoms with van der Waals surface area (Å²) in [6.07, 6.45) is 3.45. The van der Waals surface area contributed by atoms with Crippen LogP contribution in [0.2, 0.25) is 0 Å². The van der Waals surface area contributed by atoms with Crippen molar-refractivity contribution in [1.82, 2.24) is 0 Å². The smallest absolute Gasteiger partial charge is 0.0841 e. The molecule has 0 radical (unpaired) electrons. The summed E-state index contributed by atoms with van der Waals surface area (Å²) in [5.41, 5.74) is 0. The van der Waals surface area contributed by atoms with Gasteiger partial charge in [-0.25, -0.2) is 0 Å². The van der Waals surface area contributed by atoms with Crippen LogP contribution >= 0.6 is 0 Å². The minimum Gasteiger partial charge on any atom is -0.151 e. The lowest BCUT2D eigenvalue weighted by atomic mass is 9.88. The molecule has 0 aromatic rings. The highest BCUT2D eigenvalue weighted by atomic mass is 16.3. The van der Waals surface area contributed by atoms with E-state index < -0.39 is 0 Å². The molecule has 66 valence electrons. The highest BCUT2D eigenvalue weighted by Crippen LogP contribution is 2.20. The fourth-order valence-electron chi connectivity index (χ4n) is 1.36. The van der Waals surface area contributed by atoms with Gasteiger partial charge in [0, 0.05) is 0 Å². The van der Waals surface area contributed by atoms with Crippen molar-refractivity contribution in [3.63, 3.8) is 0 Å². The van der Waals surface area contributed by atoms with Gasteiger partial charge in [0.05, 0.1) is 6.54 Å². The predicted molar refractivity (Wildman–Crippen MR) is 48.5 cm³/mol. The molecule has 2 heteroatoms. The van der Waals surface area contributed by atoms with E-state index in [9.17, 15) is 4.91 Å². The third-order valence-electron chi connectivity index (χ3n) is 2.42. The molecular formula is C9H19NO. The molecule has 0 aliphatic carbocycles. The number of nitroso groups, excluding NO2 is 1. The molecule has 0 aromatic heterocycles. The average molecular weight is 157 g/mol. The number of hydrogen-bond acceptors (Lipinski definition) is 2. The molecule has 2 unspecified atom stereocenters. The molecule has 0 saturated carbocycles. The average Bonchev–Trinajstić information content (AvgIpc) is 2.03. The van der Waals surface area contributed by atoms with Crippen molar-refractivity contribution in [3.05, 3.63) is 4.91 Å². The molecule has 11 heavy (non-hydrogen) atoms. The van der Waals surface area contributed by atoms with Crippen LogP contribution in [-0.4, -0.2) is 6.54 Å². The van der Waals surface area contributed by atoms with Crippen LogP contribution in [0.1, 0.15) is 40.0 Å². The Labute approximate surface area is 69.4 Å². The maximum Gasteiger partial charge on any atom is 0.0841 e. The van der Waals surface area contributed by atoms with Crippen LogP contribution in [-0.2, 0) is 0 Å². The third kappa shape index (κ3) is 4.12. The second-order valence-corrected chi connectivity index (χ2v) is 3.25. The topological polar surface area (TPSA) is 29.4 Å². The zero-order valence-corrected chi connectivity index (χ0v) is 7.84. The van der Waals surface area contributed by atoms with Crippen LogP contribution in [0.3, 0.4) is 0 Å². The number of hydrogen-bond donors (Lipinski definition) is 0. The highest BCUT2D eigenvalue weighted by Gasteiger charge is 2.14. The van der Waals surface area contributed by atoms with Crippen LogP contribution in [0.25, 0.3) is 0 Å². The summed E-state index contributed by atoms with van der Waals surface area (Å²) >= 11 is 0. The summed E-state index contributed by atoms with van der Waals surface area (Å²) < 4.78 is 0. The Hall–Kier alpha value is -0.400. The molecule has 0 aromatic carbocycles. The maximum absolute atomic E-state index is 10.1. The summed E-state index contributed by atoms with van der Waals surface area (Å²) in [6, 6.07) is 0. The van der Waals surface area contributed by atoms with Crippen molar-refractivity contribution in [1.29, 1.82) is 0 Å². The van der Waals surface area contributed by atoms with Gasteiger partial charge in [0.25, 0.3) is 0 Å². The summed E-state index contributed by atoms with van der Waals surface area (Å²) in [5.74, 6) is 1.16. The zero-order valence-electron chi connectivity index (χ0n) is 7.84. The summed E-state index contributed by atoms with van der Waals surface area (Å²) in [4.78, 5) is 10.1. The molecule has 0 saturated heterocycles. The monoisotopic (exact) mass is 157 g/mol. The zero-order chi connectivity index (χ0) is 8.69. The Morgan fingerprint density at radius 2 is 2.00 bits per heavy atom. The lowest BCUT2D eigenvalue weighted by Gasteiger charge is -2.18. The molecule has 0 heterocycles.